The number of nitrogens with zero attached hydrogens (tertiary/aromatic N) is 2. The molecule has 0 saturated carbocycles. The standard InChI is InChI=1S/C13H14N2O2S2/c16-19(17,15-6-8-18-9-7-15)13-3-1-2-11-10-14-5-4-12(11)13/h1-5,10H,6-9H2. The highest BCUT2D eigenvalue weighted by Crippen LogP contribution is 2.26. The fourth-order valence-electron chi connectivity index (χ4n) is 2.24. The van der Waals surface area contributed by atoms with Gasteiger partial charge in [0.25, 0.3) is 0 Å². The molecule has 0 spiro atoms. The summed E-state index contributed by atoms with van der Waals surface area (Å²) in [5.41, 5.74) is 0. The molecule has 0 atom stereocenters. The third-order valence-electron chi connectivity index (χ3n) is 3.23. The second-order valence-corrected chi connectivity index (χ2v) is 7.50. The second kappa shape index (κ2) is 5.11. The van der Waals surface area contributed by atoms with E-state index in [0.717, 1.165) is 22.3 Å². The van der Waals surface area contributed by atoms with Crippen LogP contribution in [0.25, 0.3) is 10.8 Å². The van der Waals surface area contributed by atoms with Gasteiger partial charge >= 0.3 is 0 Å². The first-order valence-electron chi connectivity index (χ1n) is 6.10. The Morgan fingerprint density at radius 3 is 2.74 bits per heavy atom. The van der Waals surface area contributed by atoms with Gasteiger partial charge in [-0.2, -0.15) is 16.1 Å². The van der Waals surface area contributed by atoms with Crippen LogP contribution in [0.3, 0.4) is 0 Å². The molecule has 0 unspecified atom stereocenters. The molecule has 3 rings (SSSR count). The summed E-state index contributed by atoms with van der Waals surface area (Å²) in [6.45, 7) is 1.18. The Labute approximate surface area is 116 Å². The Balaban J connectivity index is 2.12. The maximum atomic E-state index is 12.7. The van der Waals surface area contributed by atoms with Crippen molar-refractivity contribution in [3.8, 4) is 0 Å². The van der Waals surface area contributed by atoms with Crippen molar-refractivity contribution in [2.24, 2.45) is 0 Å². The molecule has 1 aromatic carbocycles. The van der Waals surface area contributed by atoms with E-state index in [1.807, 2.05) is 6.07 Å². The van der Waals surface area contributed by atoms with Gasteiger partial charge in [0.2, 0.25) is 10.0 Å². The second-order valence-electron chi connectivity index (χ2n) is 4.37. The molecule has 2 aromatic rings. The quantitative estimate of drug-likeness (QED) is 0.850. The van der Waals surface area contributed by atoms with E-state index >= 15 is 0 Å². The van der Waals surface area contributed by atoms with Gasteiger partial charge in [-0.05, 0) is 12.1 Å². The minimum absolute atomic E-state index is 0.388. The Morgan fingerprint density at radius 2 is 1.95 bits per heavy atom. The SMILES string of the molecule is O=S(=O)(c1cccc2cnccc12)N1CCSCC1. The number of hydrogen-bond donors (Lipinski definition) is 0. The molecule has 0 N–H and O–H groups in total. The van der Waals surface area contributed by atoms with E-state index in [0.29, 0.717) is 18.0 Å². The van der Waals surface area contributed by atoms with Crippen molar-refractivity contribution >= 4 is 32.6 Å². The van der Waals surface area contributed by atoms with E-state index in [9.17, 15) is 8.42 Å². The summed E-state index contributed by atoms with van der Waals surface area (Å²) < 4.78 is 27.0. The first-order chi connectivity index (χ1) is 9.19. The molecule has 6 heteroatoms. The molecule has 0 bridgehead atoms. The van der Waals surface area contributed by atoms with Gasteiger partial charge < -0.3 is 0 Å². The van der Waals surface area contributed by atoms with Gasteiger partial charge in [-0.25, -0.2) is 8.42 Å². The molecule has 1 fully saturated rings. The number of aromatic nitrogens is 1. The van der Waals surface area contributed by atoms with E-state index in [1.54, 1.807) is 46.7 Å². The molecule has 2 heterocycles. The normalized spacial score (nSPS) is 17.7. The highest BCUT2D eigenvalue weighted by atomic mass is 32.2. The molecule has 4 nitrogen and oxygen atoms in total. The summed E-state index contributed by atoms with van der Waals surface area (Å²) in [5, 5.41) is 1.60. The number of rotatable bonds is 2. The molecule has 1 aliphatic rings. The summed E-state index contributed by atoms with van der Waals surface area (Å²) in [4.78, 5) is 4.43. The van der Waals surface area contributed by atoms with Gasteiger partial charge in [0, 0.05) is 47.8 Å². The molecule has 1 aliphatic heterocycles. The summed E-state index contributed by atoms with van der Waals surface area (Å²) in [5.74, 6) is 1.73. The van der Waals surface area contributed by atoms with Crippen LogP contribution < -0.4 is 0 Å². The van der Waals surface area contributed by atoms with Gasteiger partial charge in [0.15, 0.2) is 0 Å². The van der Waals surface area contributed by atoms with Crippen molar-refractivity contribution < 1.29 is 8.42 Å². The minimum atomic E-state index is -3.40. The average molecular weight is 294 g/mol. The van der Waals surface area contributed by atoms with Crippen LogP contribution in [0, 0.1) is 0 Å². The fourth-order valence-corrected chi connectivity index (χ4v) is 5.03. The lowest BCUT2D eigenvalue weighted by molar-refractivity contribution is 0.444. The van der Waals surface area contributed by atoms with Crippen molar-refractivity contribution in [3.05, 3.63) is 36.7 Å². The number of fused-ring (bicyclic) bond motifs is 1. The molecular formula is C13H14N2O2S2. The first kappa shape index (κ1) is 12.9. The van der Waals surface area contributed by atoms with E-state index in [4.69, 9.17) is 0 Å². The van der Waals surface area contributed by atoms with Crippen LogP contribution in [0.1, 0.15) is 0 Å². The van der Waals surface area contributed by atoms with Gasteiger partial charge in [-0.1, -0.05) is 12.1 Å². The zero-order chi connectivity index (χ0) is 13.3. The number of thioether (sulfide) groups is 1. The molecular weight excluding hydrogens is 280 g/mol. The maximum Gasteiger partial charge on any atom is 0.243 e. The monoisotopic (exact) mass is 294 g/mol. The third kappa shape index (κ3) is 2.35. The summed E-state index contributed by atoms with van der Waals surface area (Å²) in [6.07, 6.45) is 3.33. The smallest absolute Gasteiger partial charge is 0.243 e. The van der Waals surface area contributed by atoms with Crippen molar-refractivity contribution in [2.45, 2.75) is 4.90 Å². The minimum Gasteiger partial charge on any atom is -0.264 e. The van der Waals surface area contributed by atoms with Crippen LogP contribution in [0.4, 0.5) is 0 Å². The Hall–Kier alpha value is -1.11. The summed E-state index contributed by atoms with van der Waals surface area (Å²) in [7, 11) is -3.40. The molecule has 0 aliphatic carbocycles. The van der Waals surface area contributed by atoms with Crippen LogP contribution >= 0.6 is 11.8 Å². The Kier molecular flexibility index (Phi) is 3.47. The molecule has 1 aromatic heterocycles. The first-order valence-corrected chi connectivity index (χ1v) is 8.70. The van der Waals surface area contributed by atoms with E-state index in [1.165, 1.54) is 0 Å². The van der Waals surface area contributed by atoms with Crippen LogP contribution in [-0.4, -0.2) is 42.3 Å². The number of pyridine rings is 1. The van der Waals surface area contributed by atoms with Crippen LogP contribution in [0.15, 0.2) is 41.6 Å². The largest absolute Gasteiger partial charge is 0.264 e. The zero-order valence-electron chi connectivity index (χ0n) is 10.3. The fraction of sp³-hybridized carbons (Fsp3) is 0.308. The number of sulfonamides is 1. The van der Waals surface area contributed by atoms with Crippen LogP contribution in [0.5, 0.6) is 0 Å². The highest BCUT2D eigenvalue weighted by Gasteiger charge is 2.27. The van der Waals surface area contributed by atoms with Gasteiger partial charge in [-0.15, -0.1) is 0 Å². The Bertz CT molecular complexity index is 689. The van der Waals surface area contributed by atoms with E-state index in [-0.39, 0.29) is 0 Å². The average Bonchev–Trinajstić information content (AvgIpc) is 2.47. The zero-order valence-corrected chi connectivity index (χ0v) is 12.0. The lowest BCUT2D eigenvalue weighted by Crippen LogP contribution is -2.37. The van der Waals surface area contributed by atoms with Gasteiger partial charge in [0.05, 0.1) is 4.90 Å². The number of benzene rings is 1. The van der Waals surface area contributed by atoms with Gasteiger partial charge in [-0.3, -0.25) is 4.98 Å². The Morgan fingerprint density at radius 1 is 1.16 bits per heavy atom. The molecule has 19 heavy (non-hydrogen) atoms. The van der Waals surface area contributed by atoms with E-state index in [2.05, 4.69) is 4.98 Å². The lowest BCUT2D eigenvalue weighted by atomic mass is 10.2. The molecule has 0 amide bonds. The van der Waals surface area contributed by atoms with Crippen LogP contribution in [-0.2, 0) is 10.0 Å². The van der Waals surface area contributed by atoms with Crippen LogP contribution in [0.2, 0.25) is 0 Å². The third-order valence-corrected chi connectivity index (χ3v) is 6.13. The number of hydrogen-bond acceptors (Lipinski definition) is 4. The molecule has 1 saturated heterocycles. The summed E-state index contributed by atoms with van der Waals surface area (Å²) >= 11 is 1.80. The predicted octanol–water partition coefficient (Wildman–Crippen LogP) is 1.97. The lowest BCUT2D eigenvalue weighted by Gasteiger charge is -2.26. The molecule has 0 radical (unpaired) electrons. The van der Waals surface area contributed by atoms with E-state index < -0.39 is 10.0 Å². The van der Waals surface area contributed by atoms with Crippen molar-refractivity contribution in [1.82, 2.24) is 9.29 Å². The summed E-state index contributed by atoms with van der Waals surface area (Å²) in [6, 6.07) is 7.10. The molecule has 100 valence electrons. The predicted molar refractivity (Wildman–Crippen MR) is 77.8 cm³/mol. The van der Waals surface area contributed by atoms with Crippen molar-refractivity contribution in [3.63, 3.8) is 0 Å². The topological polar surface area (TPSA) is 50.3 Å². The van der Waals surface area contributed by atoms with Crippen molar-refractivity contribution in [2.75, 3.05) is 24.6 Å². The van der Waals surface area contributed by atoms with Crippen molar-refractivity contribution in [1.29, 1.82) is 0 Å². The maximum absolute atomic E-state index is 12.7. The highest BCUT2D eigenvalue weighted by molar-refractivity contribution is 7.99. The van der Waals surface area contributed by atoms with Gasteiger partial charge in [0.1, 0.15) is 0 Å².